The molecule has 42 heavy (non-hydrogen) atoms. The molecule has 0 bridgehead atoms. The van der Waals surface area contributed by atoms with Gasteiger partial charge in [0, 0.05) is 49.9 Å². The van der Waals surface area contributed by atoms with Crippen molar-refractivity contribution in [3.63, 3.8) is 0 Å². The van der Waals surface area contributed by atoms with E-state index < -0.39 is 0 Å². The molecule has 4 heterocycles. The molecule has 3 aromatic heterocycles. The average molecular weight is 562 g/mol. The van der Waals surface area contributed by atoms with Crippen LogP contribution in [0.25, 0.3) is 22.1 Å². The van der Waals surface area contributed by atoms with Gasteiger partial charge in [-0.15, -0.1) is 0 Å². The number of fused-ring (bicyclic) bond motifs is 2. The second kappa shape index (κ2) is 10.9. The van der Waals surface area contributed by atoms with Gasteiger partial charge in [0.15, 0.2) is 0 Å². The molecule has 8 heteroatoms. The van der Waals surface area contributed by atoms with Gasteiger partial charge >= 0.3 is 0 Å². The number of carbonyl (C=O) groups excluding carboxylic acids is 1. The van der Waals surface area contributed by atoms with Crippen LogP contribution in [0.15, 0.2) is 97.3 Å². The number of benzene rings is 3. The molecule has 6 nitrogen and oxygen atoms in total. The van der Waals surface area contributed by atoms with Crippen LogP contribution in [-0.2, 0) is 13.1 Å². The SMILES string of the molecule is O=C(c1ccnc2c1ccn2Cc1cccc(F)c1)N1CCC(c2nc3ccccc3n2Cc2cccc(F)c2)CC1. The van der Waals surface area contributed by atoms with E-state index in [0.29, 0.717) is 37.4 Å². The van der Waals surface area contributed by atoms with E-state index in [1.165, 1.54) is 18.2 Å². The molecule has 0 unspecified atom stereocenters. The quantitative estimate of drug-likeness (QED) is 0.225. The molecule has 0 radical (unpaired) electrons. The second-order valence-corrected chi connectivity index (χ2v) is 10.9. The van der Waals surface area contributed by atoms with Gasteiger partial charge in [0.1, 0.15) is 23.1 Å². The Bertz CT molecular complexity index is 1920. The molecule has 3 aromatic carbocycles. The standard InChI is InChI=1S/C34H29F2N5O/c35-26-7-3-5-23(19-26)21-40-18-14-28-29(11-15-37-33(28)40)34(42)39-16-12-25(13-17-39)32-38-30-9-1-2-10-31(30)41(32)22-24-6-4-8-27(36)20-24/h1-11,14-15,18-20,25H,12-13,16-17,21-22H2. The molecule has 1 aliphatic rings. The first-order chi connectivity index (χ1) is 20.5. The van der Waals surface area contributed by atoms with E-state index in [0.717, 1.165) is 46.2 Å². The van der Waals surface area contributed by atoms with Crippen molar-refractivity contribution in [2.45, 2.75) is 31.8 Å². The Morgan fingerprint density at radius 3 is 2.29 bits per heavy atom. The Morgan fingerprint density at radius 2 is 1.55 bits per heavy atom. The molecule has 0 saturated carbocycles. The maximum Gasteiger partial charge on any atom is 0.254 e. The molecule has 0 atom stereocenters. The Kier molecular flexibility index (Phi) is 6.74. The lowest BCUT2D eigenvalue weighted by atomic mass is 9.95. The van der Waals surface area contributed by atoms with Crippen molar-refractivity contribution in [2.75, 3.05) is 13.1 Å². The summed E-state index contributed by atoms with van der Waals surface area (Å²) in [5.41, 5.74) is 4.98. The highest BCUT2D eigenvalue weighted by molar-refractivity contribution is 6.05. The van der Waals surface area contributed by atoms with Crippen molar-refractivity contribution in [1.29, 1.82) is 0 Å². The summed E-state index contributed by atoms with van der Waals surface area (Å²) in [5.74, 6) is 0.617. The summed E-state index contributed by atoms with van der Waals surface area (Å²) in [4.78, 5) is 25.2. The van der Waals surface area contributed by atoms with Crippen LogP contribution in [0.5, 0.6) is 0 Å². The zero-order valence-electron chi connectivity index (χ0n) is 23.0. The molecule has 6 aromatic rings. The van der Waals surface area contributed by atoms with Crippen LogP contribution < -0.4 is 0 Å². The molecular weight excluding hydrogens is 532 g/mol. The Balaban J connectivity index is 1.11. The van der Waals surface area contributed by atoms with Crippen molar-refractivity contribution in [1.82, 2.24) is 24.0 Å². The maximum atomic E-state index is 14.0. The van der Waals surface area contributed by atoms with Crippen LogP contribution >= 0.6 is 0 Å². The number of pyridine rings is 1. The summed E-state index contributed by atoms with van der Waals surface area (Å²) in [6.45, 7) is 2.23. The highest BCUT2D eigenvalue weighted by Crippen LogP contribution is 2.32. The molecule has 0 aliphatic carbocycles. The minimum atomic E-state index is -0.277. The highest BCUT2D eigenvalue weighted by atomic mass is 19.1. The number of para-hydroxylation sites is 2. The lowest BCUT2D eigenvalue weighted by Gasteiger charge is -2.32. The normalized spacial score (nSPS) is 14.2. The van der Waals surface area contributed by atoms with Crippen LogP contribution in [0, 0.1) is 11.6 Å². The van der Waals surface area contributed by atoms with Gasteiger partial charge in [0.05, 0.1) is 16.6 Å². The fourth-order valence-electron chi connectivity index (χ4n) is 6.14. The van der Waals surface area contributed by atoms with Gasteiger partial charge in [-0.2, -0.15) is 0 Å². The third-order valence-electron chi connectivity index (χ3n) is 8.20. The van der Waals surface area contributed by atoms with E-state index in [4.69, 9.17) is 4.98 Å². The van der Waals surface area contributed by atoms with Gasteiger partial charge < -0.3 is 14.0 Å². The van der Waals surface area contributed by atoms with E-state index in [1.807, 2.05) is 52.1 Å². The number of aromatic nitrogens is 4. The minimum absolute atomic E-state index is 0.0161. The molecule has 7 rings (SSSR count). The Hall–Kier alpha value is -4.85. The predicted octanol–water partition coefficient (Wildman–Crippen LogP) is 6.78. The summed E-state index contributed by atoms with van der Waals surface area (Å²) in [5, 5.41) is 0.790. The summed E-state index contributed by atoms with van der Waals surface area (Å²) in [6, 6.07) is 24.9. The zero-order chi connectivity index (χ0) is 28.6. The molecule has 210 valence electrons. The van der Waals surface area contributed by atoms with Crippen molar-refractivity contribution in [2.24, 2.45) is 0 Å². The number of nitrogens with zero attached hydrogens (tertiary/aromatic N) is 5. The van der Waals surface area contributed by atoms with Crippen LogP contribution in [0.4, 0.5) is 8.78 Å². The number of likely N-dealkylation sites (tertiary alicyclic amines) is 1. The Labute approximate surface area is 241 Å². The molecular formula is C34H29F2N5O. The number of rotatable bonds is 6. The Morgan fingerprint density at radius 1 is 0.833 bits per heavy atom. The highest BCUT2D eigenvalue weighted by Gasteiger charge is 2.29. The molecule has 1 aliphatic heterocycles. The van der Waals surface area contributed by atoms with Crippen LogP contribution in [0.3, 0.4) is 0 Å². The second-order valence-electron chi connectivity index (χ2n) is 10.9. The topological polar surface area (TPSA) is 56.0 Å². The third kappa shape index (κ3) is 4.93. The summed E-state index contributed by atoms with van der Waals surface area (Å²) in [7, 11) is 0. The fourth-order valence-corrected chi connectivity index (χ4v) is 6.14. The van der Waals surface area contributed by atoms with Crippen molar-refractivity contribution in [3.05, 3.63) is 131 Å². The van der Waals surface area contributed by atoms with Gasteiger partial charge in [-0.3, -0.25) is 4.79 Å². The minimum Gasteiger partial charge on any atom is -0.339 e. The van der Waals surface area contributed by atoms with E-state index >= 15 is 0 Å². The summed E-state index contributed by atoms with van der Waals surface area (Å²) in [6.07, 6.45) is 5.13. The average Bonchev–Trinajstić information content (AvgIpc) is 3.58. The number of halogens is 2. The van der Waals surface area contributed by atoms with Gasteiger partial charge in [-0.05, 0) is 72.5 Å². The van der Waals surface area contributed by atoms with Crippen LogP contribution in [0.1, 0.15) is 46.1 Å². The number of hydrogen-bond acceptors (Lipinski definition) is 3. The first-order valence-electron chi connectivity index (χ1n) is 14.2. The smallest absolute Gasteiger partial charge is 0.254 e. The van der Waals surface area contributed by atoms with Gasteiger partial charge in [0.25, 0.3) is 5.91 Å². The largest absolute Gasteiger partial charge is 0.339 e. The summed E-state index contributed by atoms with van der Waals surface area (Å²) < 4.78 is 31.8. The molecule has 1 amide bonds. The van der Waals surface area contributed by atoms with E-state index in [2.05, 4.69) is 15.6 Å². The van der Waals surface area contributed by atoms with Crippen LogP contribution in [0.2, 0.25) is 0 Å². The number of amides is 1. The predicted molar refractivity (Wildman–Crippen MR) is 158 cm³/mol. The number of carbonyl (C=O) groups is 1. The van der Waals surface area contributed by atoms with Gasteiger partial charge in [-0.25, -0.2) is 18.7 Å². The lowest BCUT2D eigenvalue weighted by molar-refractivity contribution is 0.0712. The maximum absolute atomic E-state index is 14.0. The number of piperidine rings is 1. The monoisotopic (exact) mass is 561 g/mol. The van der Waals surface area contributed by atoms with Crippen molar-refractivity contribution < 1.29 is 13.6 Å². The lowest BCUT2D eigenvalue weighted by Crippen LogP contribution is -2.38. The van der Waals surface area contributed by atoms with Crippen LogP contribution in [-0.4, -0.2) is 43.0 Å². The van der Waals surface area contributed by atoms with E-state index in [-0.39, 0.29) is 23.5 Å². The van der Waals surface area contributed by atoms with Crippen molar-refractivity contribution >= 4 is 28.0 Å². The summed E-state index contributed by atoms with van der Waals surface area (Å²) >= 11 is 0. The fraction of sp³-hybridized carbons (Fsp3) is 0.206. The van der Waals surface area contributed by atoms with Gasteiger partial charge in [-0.1, -0.05) is 36.4 Å². The number of imidazole rings is 1. The first kappa shape index (κ1) is 26.1. The molecule has 0 spiro atoms. The molecule has 1 fully saturated rings. The van der Waals surface area contributed by atoms with E-state index in [9.17, 15) is 13.6 Å². The first-order valence-corrected chi connectivity index (χ1v) is 14.2. The molecule has 0 N–H and O–H groups in total. The third-order valence-corrected chi connectivity index (χ3v) is 8.20. The van der Waals surface area contributed by atoms with E-state index in [1.54, 1.807) is 30.5 Å². The molecule has 1 saturated heterocycles. The van der Waals surface area contributed by atoms with Crippen molar-refractivity contribution in [3.8, 4) is 0 Å². The van der Waals surface area contributed by atoms with Gasteiger partial charge in [0.2, 0.25) is 0 Å². The number of hydrogen-bond donors (Lipinski definition) is 0. The zero-order valence-corrected chi connectivity index (χ0v) is 23.0.